The number of nitrogens with one attached hydrogen (secondary N) is 4. The van der Waals surface area contributed by atoms with Crippen molar-refractivity contribution in [2.24, 2.45) is 5.92 Å². The predicted octanol–water partition coefficient (Wildman–Crippen LogP) is 1.58. The summed E-state index contributed by atoms with van der Waals surface area (Å²) in [6.07, 6.45) is 2.98. The van der Waals surface area contributed by atoms with Crippen LogP contribution in [-0.2, 0) is 39.9 Å². The number of rotatable bonds is 7. The molecule has 7 atom stereocenters. The molecule has 4 aliphatic rings. The van der Waals surface area contributed by atoms with Gasteiger partial charge in [-0.05, 0) is 81.2 Å². The zero-order valence-corrected chi connectivity index (χ0v) is 32.0. The summed E-state index contributed by atoms with van der Waals surface area (Å²) in [5.74, 6) is -2.91. The average Bonchev–Trinajstić information content (AvgIpc) is 3.86. The summed E-state index contributed by atoms with van der Waals surface area (Å²) < 4.78 is 10.9. The van der Waals surface area contributed by atoms with Crippen molar-refractivity contribution in [3.63, 3.8) is 0 Å². The van der Waals surface area contributed by atoms with Gasteiger partial charge in [0.1, 0.15) is 48.6 Å². The molecule has 7 amide bonds. The van der Waals surface area contributed by atoms with E-state index in [2.05, 4.69) is 21.3 Å². The number of anilines is 1. The Bertz CT molecular complexity index is 1790. The van der Waals surface area contributed by atoms with Crippen LogP contribution >= 0.6 is 0 Å². The number of cyclic esters (lactones) is 1. The minimum atomic E-state index is -1.44. The molecule has 4 heterocycles. The first-order valence-electron chi connectivity index (χ1n) is 19.4. The minimum absolute atomic E-state index is 0.0516. The molecule has 0 aromatic heterocycles. The van der Waals surface area contributed by atoms with Gasteiger partial charge in [-0.15, -0.1) is 0 Å². The summed E-state index contributed by atoms with van der Waals surface area (Å²) in [4.78, 5) is 102. The van der Waals surface area contributed by atoms with Gasteiger partial charge in [0.05, 0.1) is 7.11 Å². The number of amides is 7. The molecule has 0 spiro atoms. The maximum absolute atomic E-state index is 14.5. The van der Waals surface area contributed by atoms with Crippen molar-refractivity contribution in [2.45, 2.75) is 95.0 Å². The van der Waals surface area contributed by atoms with Crippen molar-refractivity contribution in [1.82, 2.24) is 30.7 Å². The van der Waals surface area contributed by atoms with Crippen LogP contribution in [0.2, 0.25) is 0 Å². The summed E-state index contributed by atoms with van der Waals surface area (Å²) in [6, 6.07) is 8.64. The van der Waals surface area contributed by atoms with Gasteiger partial charge in [0.15, 0.2) is 0 Å². The quantitative estimate of drug-likeness (QED) is 0.302. The molecule has 2 aromatic rings. The molecule has 16 heteroatoms. The van der Waals surface area contributed by atoms with Gasteiger partial charge in [0, 0.05) is 31.7 Å². The number of urea groups is 1. The molecule has 0 saturated carbocycles. The van der Waals surface area contributed by atoms with Gasteiger partial charge in [-0.2, -0.15) is 0 Å². The lowest BCUT2D eigenvalue weighted by Crippen LogP contribution is -2.62. The number of nitrogens with zero attached hydrogens (tertiary/aromatic N) is 3. The van der Waals surface area contributed by atoms with Crippen LogP contribution in [0.15, 0.2) is 54.6 Å². The lowest BCUT2D eigenvalue weighted by molar-refractivity contribution is -0.158. The van der Waals surface area contributed by atoms with E-state index in [-0.39, 0.29) is 25.4 Å². The molecule has 0 bridgehead atoms. The summed E-state index contributed by atoms with van der Waals surface area (Å²) >= 11 is 0. The fraction of sp³-hybridized carbons (Fsp3) is 0.525. The van der Waals surface area contributed by atoms with E-state index in [1.165, 1.54) is 21.8 Å². The fourth-order valence-corrected chi connectivity index (χ4v) is 8.05. The highest BCUT2D eigenvalue weighted by Crippen LogP contribution is 2.28. The molecular weight excluding hydrogens is 722 g/mol. The first-order chi connectivity index (χ1) is 26.9. The van der Waals surface area contributed by atoms with E-state index in [9.17, 15) is 33.6 Å². The Hall–Kier alpha value is -5.67. The van der Waals surface area contributed by atoms with Crippen molar-refractivity contribution < 1.29 is 43.0 Å². The third-order valence-corrected chi connectivity index (χ3v) is 11.0. The lowest BCUT2D eigenvalue weighted by atomic mass is 9.99. The second kappa shape index (κ2) is 17.9. The van der Waals surface area contributed by atoms with Crippen LogP contribution in [0.25, 0.3) is 0 Å². The van der Waals surface area contributed by atoms with Crippen LogP contribution in [0.1, 0.15) is 57.9 Å². The minimum Gasteiger partial charge on any atom is -0.497 e. The van der Waals surface area contributed by atoms with E-state index < -0.39 is 84.4 Å². The van der Waals surface area contributed by atoms with E-state index in [1.54, 1.807) is 55.5 Å². The number of hydrogen-bond donors (Lipinski definition) is 4. The molecule has 2 aromatic carbocycles. The Balaban J connectivity index is 1.29. The SMILES string of the molecule is COc1ccc(NC(=O)NC(Cc2ccccc2)C(=O)NC2COC(=O)C3CC(C)CN3C(=O)C(C)NC(=O)C3CCCCN3C(=O)C3CCCN3C2=O)cc1. The molecule has 0 aliphatic carbocycles. The van der Waals surface area contributed by atoms with Gasteiger partial charge < -0.3 is 45.4 Å². The summed E-state index contributed by atoms with van der Waals surface area (Å²) in [7, 11) is 1.53. The molecule has 56 heavy (non-hydrogen) atoms. The first-order valence-corrected chi connectivity index (χ1v) is 19.4. The second-order valence-corrected chi connectivity index (χ2v) is 15.1. The fourth-order valence-electron chi connectivity index (χ4n) is 8.05. The van der Waals surface area contributed by atoms with E-state index in [4.69, 9.17) is 9.47 Å². The maximum Gasteiger partial charge on any atom is 0.328 e. The van der Waals surface area contributed by atoms with Crippen LogP contribution in [0.3, 0.4) is 0 Å². The van der Waals surface area contributed by atoms with Gasteiger partial charge in [-0.1, -0.05) is 37.3 Å². The Morgan fingerprint density at radius 2 is 1.54 bits per heavy atom. The summed E-state index contributed by atoms with van der Waals surface area (Å²) in [6.45, 7) is 3.65. The zero-order chi connectivity index (χ0) is 39.9. The summed E-state index contributed by atoms with van der Waals surface area (Å²) in [5, 5.41) is 10.9. The van der Waals surface area contributed by atoms with Gasteiger partial charge >= 0.3 is 12.0 Å². The maximum atomic E-state index is 14.5. The zero-order valence-electron chi connectivity index (χ0n) is 32.0. The van der Waals surface area contributed by atoms with Crippen molar-refractivity contribution in [3.8, 4) is 5.75 Å². The third-order valence-electron chi connectivity index (χ3n) is 11.0. The van der Waals surface area contributed by atoms with Crippen LogP contribution in [0.5, 0.6) is 5.75 Å². The third kappa shape index (κ3) is 9.23. The van der Waals surface area contributed by atoms with E-state index in [1.807, 2.05) is 13.0 Å². The topological polar surface area (TPSA) is 196 Å². The van der Waals surface area contributed by atoms with Gasteiger partial charge in [-0.25, -0.2) is 9.59 Å². The Morgan fingerprint density at radius 3 is 2.27 bits per heavy atom. The number of piperidine rings is 1. The number of esters is 1. The molecule has 4 N–H and O–H groups in total. The highest BCUT2D eigenvalue weighted by atomic mass is 16.5. The van der Waals surface area contributed by atoms with E-state index >= 15 is 0 Å². The van der Waals surface area contributed by atoms with Gasteiger partial charge in [0.25, 0.3) is 0 Å². The number of methoxy groups -OCH3 is 1. The molecule has 0 radical (unpaired) electrons. The number of carbonyl (C=O) groups excluding carboxylic acids is 7. The number of fused-ring (bicyclic) bond motifs is 3. The van der Waals surface area contributed by atoms with Crippen molar-refractivity contribution >= 4 is 47.2 Å². The molecule has 4 fully saturated rings. The first kappa shape index (κ1) is 40.0. The summed E-state index contributed by atoms with van der Waals surface area (Å²) in [5.41, 5.74) is 1.18. The highest BCUT2D eigenvalue weighted by molar-refractivity contribution is 5.98. The van der Waals surface area contributed by atoms with Gasteiger partial charge in [0.2, 0.25) is 29.5 Å². The van der Waals surface area contributed by atoms with Gasteiger partial charge in [-0.3, -0.25) is 24.0 Å². The molecule has 6 rings (SSSR count). The van der Waals surface area contributed by atoms with Crippen LogP contribution in [0.4, 0.5) is 10.5 Å². The Morgan fingerprint density at radius 1 is 0.839 bits per heavy atom. The Kier molecular flexibility index (Phi) is 12.8. The highest BCUT2D eigenvalue weighted by Gasteiger charge is 2.46. The predicted molar refractivity (Wildman–Crippen MR) is 203 cm³/mol. The standard InChI is InChI=1S/C40H51N7O9/c1-24-20-33-39(53)56-23-30(43-34(48)29(21-26-10-5-4-6-11-26)44-40(54)42-27-14-16-28(55-3)17-15-27)37(51)46-19-9-13-32(46)38(52)45-18-8-7-12-31(45)35(49)41-25(2)36(50)47(33)22-24/h4-6,10-11,14-17,24-25,29-33H,7-9,12-13,18-23H2,1-3H3,(H,41,49)(H,43,48)(H2,42,44,54). The second-order valence-electron chi connectivity index (χ2n) is 15.1. The molecule has 4 saturated heterocycles. The number of hydrogen-bond acceptors (Lipinski definition) is 9. The Labute approximate surface area is 326 Å². The van der Waals surface area contributed by atoms with Crippen LogP contribution in [-0.4, -0.2) is 126 Å². The molecular formula is C40H51N7O9. The monoisotopic (exact) mass is 773 g/mol. The smallest absolute Gasteiger partial charge is 0.328 e. The van der Waals surface area contributed by atoms with Crippen molar-refractivity contribution in [3.05, 3.63) is 60.2 Å². The normalized spacial score (nSPS) is 26.6. The lowest BCUT2D eigenvalue weighted by Gasteiger charge is -2.39. The number of benzene rings is 2. The van der Waals surface area contributed by atoms with Crippen LogP contribution in [0, 0.1) is 5.92 Å². The van der Waals surface area contributed by atoms with Crippen molar-refractivity contribution in [1.29, 1.82) is 0 Å². The van der Waals surface area contributed by atoms with E-state index in [0.29, 0.717) is 56.5 Å². The molecule has 7 unspecified atom stereocenters. The molecule has 16 nitrogen and oxygen atoms in total. The number of carbonyl (C=O) groups is 7. The number of ether oxygens (including phenoxy) is 2. The largest absolute Gasteiger partial charge is 0.497 e. The van der Waals surface area contributed by atoms with Crippen molar-refractivity contribution in [2.75, 3.05) is 38.7 Å². The molecule has 4 aliphatic heterocycles. The molecule has 300 valence electrons. The van der Waals surface area contributed by atoms with Crippen LogP contribution < -0.4 is 26.0 Å². The van der Waals surface area contributed by atoms with E-state index in [0.717, 1.165) is 5.56 Å². The average molecular weight is 774 g/mol.